The van der Waals surface area contributed by atoms with E-state index in [1.165, 1.54) is 25.7 Å². The lowest BCUT2D eigenvalue weighted by atomic mass is 10.1. The van der Waals surface area contributed by atoms with Crippen LogP contribution in [0.25, 0.3) is 11.0 Å². The van der Waals surface area contributed by atoms with E-state index in [1.807, 2.05) is 41.1 Å². The Labute approximate surface area is 147 Å². The standard InChI is InChI=1S/C18H25N7/c1-13(8-11-25-10-5-9-19-25)21-17-15-12-20-24(2)18(15)23-16(22-17)14-6-3-4-7-14/h5,9-10,12-14H,3-4,6-8,11H2,1-2H3,(H,21,22,23)/t13-/m1/s1. The molecular weight excluding hydrogens is 314 g/mol. The zero-order valence-electron chi connectivity index (χ0n) is 14.9. The molecule has 7 heteroatoms. The fourth-order valence-corrected chi connectivity index (χ4v) is 3.58. The molecule has 0 radical (unpaired) electrons. The Balaban J connectivity index is 1.56. The molecule has 1 saturated carbocycles. The molecule has 0 saturated heterocycles. The molecule has 4 rings (SSSR count). The van der Waals surface area contributed by atoms with E-state index in [4.69, 9.17) is 9.97 Å². The average Bonchev–Trinajstić information content (AvgIpc) is 3.36. The fraction of sp³-hybridized carbons (Fsp3) is 0.556. The van der Waals surface area contributed by atoms with E-state index in [1.54, 1.807) is 0 Å². The van der Waals surface area contributed by atoms with Crippen LogP contribution in [-0.4, -0.2) is 35.6 Å². The minimum Gasteiger partial charge on any atom is -0.367 e. The van der Waals surface area contributed by atoms with Crippen LogP contribution in [-0.2, 0) is 13.6 Å². The highest BCUT2D eigenvalue weighted by molar-refractivity contribution is 5.86. The van der Waals surface area contributed by atoms with Crippen molar-refractivity contribution in [1.29, 1.82) is 0 Å². The molecule has 3 aromatic rings. The van der Waals surface area contributed by atoms with Gasteiger partial charge in [-0.1, -0.05) is 12.8 Å². The van der Waals surface area contributed by atoms with Crippen LogP contribution in [0.5, 0.6) is 0 Å². The Bertz CT molecular complexity index is 831. The molecule has 0 aliphatic heterocycles. The van der Waals surface area contributed by atoms with E-state index in [9.17, 15) is 0 Å². The number of hydrogen-bond donors (Lipinski definition) is 1. The number of aromatic nitrogens is 6. The van der Waals surface area contributed by atoms with Crippen LogP contribution < -0.4 is 5.32 Å². The largest absolute Gasteiger partial charge is 0.367 e. The first-order valence-corrected chi connectivity index (χ1v) is 9.14. The van der Waals surface area contributed by atoms with Gasteiger partial charge in [0.2, 0.25) is 0 Å². The quantitative estimate of drug-likeness (QED) is 0.747. The van der Waals surface area contributed by atoms with Crippen molar-refractivity contribution in [2.75, 3.05) is 5.32 Å². The summed E-state index contributed by atoms with van der Waals surface area (Å²) in [5, 5.41) is 13.2. The van der Waals surface area contributed by atoms with Crippen molar-refractivity contribution < 1.29 is 0 Å². The summed E-state index contributed by atoms with van der Waals surface area (Å²) in [6.07, 6.45) is 11.6. The van der Waals surface area contributed by atoms with Crippen molar-refractivity contribution in [1.82, 2.24) is 29.5 Å². The number of rotatable bonds is 6. The smallest absolute Gasteiger partial charge is 0.163 e. The zero-order valence-corrected chi connectivity index (χ0v) is 14.9. The van der Waals surface area contributed by atoms with Crippen molar-refractivity contribution in [2.24, 2.45) is 7.05 Å². The fourth-order valence-electron chi connectivity index (χ4n) is 3.58. The first-order chi connectivity index (χ1) is 12.2. The van der Waals surface area contributed by atoms with E-state index < -0.39 is 0 Å². The van der Waals surface area contributed by atoms with Gasteiger partial charge in [-0.3, -0.25) is 9.36 Å². The monoisotopic (exact) mass is 339 g/mol. The number of fused-ring (bicyclic) bond motifs is 1. The van der Waals surface area contributed by atoms with E-state index in [0.29, 0.717) is 12.0 Å². The van der Waals surface area contributed by atoms with Gasteiger partial charge in [0.25, 0.3) is 0 Å². The van der Waals surface area contributed by atoms with Gasteiger partial charge in [-0.2, -0.15) is 10.2 Å². The summed E-state index contributed by atoms with van der Waals surface area (Å²) in [6.45, 7) is 3.07. The third-order valence-corrected chi connectivity index (χ3v) is 5.06. The molecule has 0 amide bonds. The molecule has 7 nitrogen and oxygen atoms in total. The van der Waals surface area contributed by atoms with Crippen LogP contribution in [0, 0.1) is 0 Å². The van der Waals surface area contributed by atoms with Crippen LogP contribution in [0.2, 0.25) is 0 Å². The van der Waals surface area contributed by atoms with E-state index in [2.05, 4.69) is 22.4 Å². The maximum absolute atomic E-state index is 4.88. The van der Waals surface area contributed by atoms with Gasteiger partial charge in [0.15, 0.2) is 5.65 Å². The van der Waals surface area contributed by atoms with Crippen molar-refractivity contribution in [3.05, 3.63) is 30.5 Å². The Morgan fingerprint density at radius 2 is 2.08 bits per heavy atom. The Hall–Kier alpha value is -2.44. The first-order valence-electron chi connectivity index (χ1n) is 9.14. The van der Waals surface area contributed by atoms with Gasteiger partial charge in [0, 0.05) is 37.9 Å². The molecule has 1 atom stereocenters. The van der Waals surface area contributed by atoms with Gasteiger partial charge >= 0.3 is 0 Å². The van der Waals surface area contributed by atoms with Gasteiger partial charge in [0.1, 0.15) is 11.6 Å². The third-order valence-electron chi connectivity index (χ3n) is 5.06. The second-order valence-electron chi connectivity index (χ2n) is 7.02. The lowest BCUT2D eigenvalue weighted by Gasteiger charge is -2.17. The summed E-state index contributed by atoms with van der Waals surface area (Å²) in [7, 11) is 1.94. The van der Waals surface area contributed by atoms with Gasteiger partial charge in [-0.25, -0.2) is 9.97 Å². The van der Waals surface area contributed by atoms with Crippen LogP contribution in [0.1, 0.15) is 50.8 Å². The van der Waals surface area contributed by atoms with Gasteiger partial charge in [-0.15, -0.1) is 0 Å². The molecule has 1 aliphatic carbocycles. The van der Waals surface area contributed by atoms with Crippen LogP contribution >= 0.6 is 0 Å². The number of anilines is 1. The van der Waals surface area contributed by atoms with Gasteiger partial charge < -0.3 is 5.32 Å². The molecule has 3 heterocycles. The van der Waals surface area contributed by atoms with Crippen molar-refractivity contribution in [2.45, 2.75) is 57.5 Å². The molecule has 132 valence electrons. The lowest BCUT2D eigenvalue weighted by Crippen LogP contribution is -2.19. The van der Waals surface area contributed by atoms with Crippen LogP contribution in [0.3, 0.4) is 0 Å². The average molecular weight is 339 g/mol. The van der Waals surface area contributed by atoms with Crippen molar-refractivity contribution >= 4 is 16.9 Å². The van der Waals surface area contributed by atoms with E-state index in [0.717, 1.165) is 35.6 Å². The number of hydrogen-bond acceptors (Lipinski definition) is 5. The minimum absolute atomic E-state index is 0.291. The second kappa shape index (κ2) is 6.82. The molecule has 1 aliphatic rings. The summed E-state index contributed by atoms with van der Waals surface area (Å²) in [6, 6.07) is 2.24. The third kappa shape index (κ3) is 3.36. The Kier molecular flexibility index (Phi) is 4.38. The summed E-state index contributed by atoms with van der Waals surface area (Å²) < 4.78 is 3.80. The van der Waals surface area contributed by atoms with Gasteiger partial charge in [-0.05, 0) is 32.3 Å². The molecule has 25 heavy (non-hydrogen) atoms. The first kappa shape index (κ1) is 16.1. The lowest BCUT2D eigenvalue weighted by molar-refractivity contribution is 0.544. The molecule has 1 fully saturated rings. The zero-order chi connectivity index (χ0) is 17.2. The molecule has 0 aromatic carbocycles. The number of nitrogens with one attached hydrogen (secondary N) is 1. The topological polar surface area (TPSA) is 73.5 Å². The second-order valence-corrected chi connectivity index (χ2v) is 7.02. The maximum Gasteiger partial charge on any atom is 0.163 e. The highest BCUT2D eigenvalue weighted by atomic mass is 15.3. The number of nitrogens with zero attached hydrogens (tertiary/aromatic N) is 6. The maximum atomic E-state index is 4.88. The predicted octanol–water partition coefficient (Wildman–Crippen LogP) is 3.11. The predicted molar refractivity (Wildman–Crippen MR) is 97.4 cm³/mol. The molecule has 0 unspecified atom stereocenters. The SMILES string of the molecule is C[C@H](CCn1cccn1)Nc1nc(C2CCCC2)nc2c1cnn2C. The Morgan fingerprint density at radius 3 is 2.84 bits per heavy atom. The van der Waals surface area contributed by atoms with Crippen LogP contribution in [0.15, 0.2) is 24.7 Å². The van der Waals surface area contributed by atoms with E-state index in [-0.39, 0.29) is 0 Å². The summed E-state index contributed by atoms with van der Waals surface area (Å²) in [4.78, 5) is 9.69. The molecular formula is C18H25N7. The molecule has 0 spiro atoms. The normalized spacial score (nSPS) is 16.6. The summed E-state index contributed by atoms with van der Waals surface area (Å²) in [5.41, 5.74) is 0.915. The van der Waals surface area contributed by atoms with Gasteiger partial charge in [0.05, 0.1) is 11.6 Å². The highest BCUT2D eigenvalue weighted by Gasteiger charge is 2.22. The Morgan fingerprint density at radius 1 is 1.24 bits per heavy atom. The highest BCUT2D eigenvalue weighted by Crippen LogP contribution is 2.34. The molecule has 1 N–H and O–H groups in total. The van der Waals surface area contributed by atoms with Crippen molar-refractivity contribution in [3.8, 4) is 0 Å². The minimum atomic E-state index is 0.291. The summed E-state index contributed by atoms with van der Waals surface area (Å²) >= 11 is 0. The van der Waals surface area contributed by atoms with Crippen molar-refractivity contribution in [3.63, 3.8) is 0 Å². The van der Waals surface area contributed by atoms with E-state index >= 15 is 0 Å². The molecule has 0 bridgehead atoms. The summed E-state index contributed by atoms with van der Waals surface area (Å²) in [5.74, 6) is 2.36. The van der Waals surface area contributed by atoms with Crippen LogP contribution in [0.4, 0.5) is 5.82 Å². The number of aryl methyl sites for hydroxylation is 2. The molecule has 3 aromatic heterocycles.